The number of aromatic nitrogens is 3. The van der Waals surface area contributed by atoms with E-state index >= 15 is 4.39 Å². The number of rotatable bonds is 47. The van der Waals surface area contributed by atoms with E-state index in [1.165, 1.54) is 74.0 Å². The molecule has 4 heterocycles. The summed E-state index contributed by atoms with van der Waals surface area (Å²) in [4.78, 5) is 129. The molecule has 2 aliphatic rings. The number of carboxylic acid groups (broad SMARTS) is 1. The predicted molar refractivity (Wildman–Crippen MR) is 416 cm³/mol. The molecule has 6 aromatic carbocycles. The first-order valence-electron chi connectivity index (χ1n) is 37.2. The van der Waals surface area contributed by atoms with Crippen LogP contribution in [0, 0.1) is 5.82 Å². The Morgan fingerprint density at radius 2 is 1.11 bits per heavy atom. The molecule has 14 N–H and O–H groups in total. The number of para-hydroxylation sites is 1. The van der Waals surface area contributed by atoms with Crippen LogP contribution < -0.4 is 52.0 Å². The van der Waals surface area contributed by atoms with Gasteiger partial charge in [-0.15, -0.1) is 0 Å². The summed E-state index contributed by atoms with van der Waals surface area (Å²) < 4.78 is 71.3. The number of aromatic hydroxyl groups is 3. The number of carbonyl (C=O) groups is 9. The number of benzene rings is 6. The Morgan fingerprint density at radius 1 is 0.560 bits per heavy atom. The van der Waals surface area contributed by atoms with Gasteiger partial charge in [0.15, 0.2) is 22.3 Å². The monoisotopic (exact) mass is 1620 g/mol. The van der Waals surface area contributed by atoms with E-state index in [1.807, 2.05) is 18.2 Å². The number of nitrogens with one attached hydrogen (secondary N) is 10. The maximum absolute atomic E-state index is 15.1. The van der Waals surface area contributed by atoms with Crippen LogP contribution in [-0.4, -0.2) is 230 Å². The third kappa shape index (κ3) is 25.2. The Bertz CT molecular complexity index is 4670. The highest BCUT2D eigenvalue weighted by molar-refractivity contribution is 7.80. The minimum atomic E-state index is -1.54. The molecule has 0 saturated heterocycles. The van der Waals surface area contributed by atoms with Crippen molar-refractivity contribution in [2.75, 3.05) is 117 Å². The Hall–Kier alpha value is -12.2. The van der Waals surface area contributed by atoms with Gasteiger partial charge >= 0.3 is 17.9 Å². The maximum atomic E-state index is 15.1. The van der Waals surface area contributed by atoms with Gasteiger partial charge in [0.05, 0.1) is 117 Å². The third-order valence-corrected chi connectivity index (χ3v) is 18.3. The van der Waals surface area contributed by atoms with Gasteiger partial charge in [0, 0.05) is 116 Å². The summed E-state index contributed by atoms with van der Waals surface area (Å²) in [5.41, 5.74) is 3.28. The molecule has 36 heteroatoms. The van der Waals surface area contributed by atoms with Crippen molar-refractivity contribution in [2.24, 2.45) is 0 Å². The predicted octanol–water partition coefficient (Wildman–Crippen LogP) is 4.51. The number of imidazole rings is 1. The van der Waals surface area contributed by atoms with Crippen molar-refractivity contribution < 1.29 is 115 Å². The molecule has 4 atom stereocenters. The van der Waals surface area contributed by atoms with Crippen molar-refractivity contribution in [2.45, 2.75) is 75.2 Å². The van der Waals surface area contributed by atoms with Gasteiger partial charge in [-0.05, 0) is 103 Å². The van der Waals surface area contributed by atoms with Gasteiger partial charge in [0.2, 0.25) is 29.5 Å². The summed E-state index contributed by atoms with van der Waals surface area (Å²) in [5.74, 6) is -8.09. The quantitative estimate of drug-likeness (QED) is 0.0108. The highest BCUT2D eigenvalue weighted by Gasteiger charge is 2.54. The lowest BCUT2D eigenvalue weighted by molar-refractivity contribution is -0.138. The van der Waals surface area contributed by atoms with Gasteiger partial charge in [-0.2, -0.15) is 0 Å². The van der Waals surface area contributed by atoms with Crippen LogP contribution >= 0.6 is 12.2 Å². The lowest BCUT2D eigenvalue weighted by Crippen LogP contribution is -2.59. The first-order chi connectivity index (χ1) is 56.1. The van der Waals surface area contributed by atoms with Crippen LogP contribution in [0.25, 0.3) is 10.9 Å². The molecule has 34 nitrogen and oxygen atoms in total. The standard InChI is InChI=1S/C80H90FN11O23S/c1-48(93)88-67(42-53-46-82-47-87-53)77(104)90-64(17-19-71(97)98)75(102)91-65(38-49-6-10-54(94)11-7-49)76(103)92-66(40-51-45-86-63-5-3-2-4-57(51)63)74(101)84-22-26-107-25-21-83-73(100)50-8-18-68(62(81)39-50)114-72(99)20-24-106-28-30-109-32-34-111-36-37-112-35-33-110-31-29-108-27-23-85-79(116)89-52-9-14-59-58(41-52)78(105)115-80(59)60-15-12-55(95)43-69(60)113-70-44-56(96)13-16-61(70)80/h2-16,18,39,41,43-47,64-67,86,94-96H,17,19-38,40,42H2,1H3,(H,82,87)(H,83,100)(H,84,101)(H,88,93)(H,90,104)(H,91,102)(H,92,103)(H,97,98)(H2,85,89,116)/t64-,65-,66-,67-/m0/s1. The second kappa shape index (κ2) is 43.4. The molecular formula is C80H90FN11O23S. The molecule has 0 saturated carbocycles. The molecule has 0 radical (unpaired) electrons. The fourth-order valence-corrected chi connectivity index (χ4v) is 12.7. The number of hydrogen-bond donors (Lipinski definition) is 14. The van der Waals surface area contributed by atoms with Crippen molar-refractivity contribution in [3.8, 4) is 34.5 Å². The zero-order chi connectivity index (χ0) is 82.4. The van der Waals surface area contributed by atoms with E-state index in [9.17, 15) is 63.6 Å². The number of amides is 6. The van der Waals surface area contributed by atoms with Crippen LogP contribution in [-0.2, 0) is 96.3 Å². The fraction of sp³-hybridized carbons (Fsp3) is 0.362. The van der Waals surface area contributed by atoms with E-state index in [2.05, 4.69) is 57.5 Å². The molecule has 616 valence electrons. The van der Waals surface area contributed by atoms with Crippen LogP contribution in [0.3, 0.4) is 0 Å². The molecule has 116 heavy (non-hydrogen) atoms. The van der Waals surface area contributed by atoms with Gasteiger partial charge < -0.3 is 120 Å². The Labute approximate surface area is 669 Å². The van der Waals surface area contributed by atoms with Crippen LogP contribution in [0.5, 0.6) is 34.5 Å². The Balaban J connectivity index is 0.549. The van der Waals surface area contributed by atoms with E-state index in [4.69, 9.17) is 59.6 Å². The number of esters is 2. The van der Waals surface area contributed by atoms with E-state index < -0.39 is 108 Å². The number of aromatic amines is 2. The van der Waals surface area contributed by atoms with Gasteiger partial charge in [-0.25, -0.2) is 14.2 Å². The Kier molecular flexibility index (Phi) is 32.2. The summed E-state index contributed by atoms with van der Waals surface area (Å²) in [6.07, 6.45) is 3.03. The number of thiocarbonyl (C=S) groups is 1. The second-order valence-corrected chi connectivity index (χ2v) is 26.9. The Morgan fingerprint density at radius 3 is 1.72 bits per heavy atom. The summed E-state index contributed by atoms with van der Waals surface area (Å²) in [7, 11) is 0. The minimum absolute atomic E-state index is 0.0308. The van der Waals surface area contributed by atoms with Crippen molar-refractivity contribution in [1.82, 2.24) is 52.2 Å². The fourth-order valence-electron chi connectivity index (χ4n) is 12.5. The average Bonchev–Trinajstić information content (AvgIpc) is 1.51. The number of carboxylic acids is 1. The topological polar surface area (TPSA) is 468 Å². The van der Waals surface area contributed by atoms with Crippen LogP contribution in [0.15, 0.2) is 140 Å². The summed E-state index contributed by atoms with van der Waals surface area (Å²) in [5, 5.41) is 63.0. The number of hydrogen-bond acceptors (Lipinski definition) is 24. The number of carbonyl (C=O) groups excluding carboxylic acids is 8. The average molecular weight is 1620 g/mol. The molecule has 0 aliphatic carbocycles. The molecule has 2 aromatic heterocycles. The molecule has 6 amide bonds. The van der Waals surface area contributed by atoms with Gasteiger partial charge in [0.1, 0.15) is 52.9 Å². The number of nitrogens with zero attached hydrogens (tertiary/aromatic N) is 1. The van der Waals surface area contributed by atoms with Crippen molar-refractivity contribution in [3.63, 3.8) is 0 Å². The van der Waals surface area contributed by atoms with Crippen molar-refractivity contribution >= 4 is 87.3 Å². The minimum Gasteiger partial charge on any atom is -0.508 e. The SMILES string of the molecule is CC(=O)N[C@@H](Cc1c[nH]cn1)C(=O)N[C@@H](CCC(=O)O)C(=O)N[C@@H](Cc1ccc(O)cc1)C(=O)N[C@@H](Cc1c[nH]c2ccccc12)C(=O)NCCOCCNC(=O)c1ccc(OC(=O)CCOCCOCCOCCOCCOCCOCCNC(=S)Nc2ccc3c(c2)C(=O)OC32c3ccc(O)cc3Oc3cc(O)ccc32)c(F)c1. The van der Waals surface area contributed by atoms with Crippen LogP contribution in [0.2, 0.25) is 0 Å². The van der Waals surface area contributed by atoms with Gasteiger partial charge in [-0.3, -0.25) is 38.4 Å². The number of phenols is 3. The summed E-state index contributed by atoms with van der Waals surface area (Å²) in [6.45, 7) is 4.73. The zero-order valence-corrected chi connectivity index (χ0v) is 63.9. The molecular weight excluding hydrogens is 1530 g/mol. The molecule has 10 rings (SSSR count). The molecule has 2 aliphatic heterocycles. The van der Waals surface area contributed by atoms with E-state index in [-0.39, 0.29) is 113 Å². The van der Waals surface area contributed by atoms with Gasteiger partial charge in [-0.1, -0.05) is 36.4 Å². The lowest BCUT2D eigenvalue weighted by atomic mass is 9.77. The maximum Gasteiger partial charge on any atom is 0.340 e. The first-order valence-corrected chi connectivity index (χ1v) is 37.6. The van der Waals surface area contributed by atoms with E-state index in [0.717, 1.165) is 23.0 Å². The van der Waals surface area contributed by atoms with Crippen LogP contribution in [0.4, 0.5) is 10.1 Å². The number of phenolic OH excluding ortho intramolecular Hbond substituents is 3. The number of anilines is 1. The number of ether oxygens (including phenoxy) is 10. The molecule has 0 bridgehead atoms. The molecule has 1 spiro atoms. The summed E-state index contributed by atoms with van der Waals surface area (Å²) in [6, 6.07) is 25.2. The highest BCUT2D eigenvalue weighted by atomic mass is 32.1. The smallest absolute Gasteiger partial charge is 0.340 e. The number of aliphatic carboxylic acids is 1. The largest absolute Gasteiger partial charge is 0.508 e. The lowest BCUT2D eigenvalue weighted by Gasteiger charge is -2.36. The van der Waals surface area contributed by atoms with E-state index in [1.54, 1.807) is 42.6 Å². The van der Waals surface area contributed by atoms with E-state index in [0.29, 0.717) is 109 Å². The normalized spacial score (nSPS) is 13.3. The first kappa shape index (κ1) is 86.3. The third-order valence-electron chi connectivity index (χ3n) is 18.1. The number of halogens is 1. The number of fused-ring (bicyclic) bond motifs is 7. The molecule has 0 fully saturated rings. The molecule has 0 unspecified atom stereocenters. The van der Waals surface area contributed by atoms with Crippen molar-refractivity contribution in [1.29, 1.82) is 0 Å². The van der Waals surface area contributed by atoms with Gasteiger partial charge in [0.25, 0.3) is 5.91 Å². The highest BCUT2D eigenvalue weighted by Crippen LogP contribution is 2.57. The second-order valence-electron chi connectivity index (χ2n) is 26.4. The zero-order valence-electron chi connectivity index (χ0n) is 63.1. The van der Waals surface area contributed by atoms with Crippen molar-refractivity contribution in [3.05, 3.63) is 191 Å². The van der Waals surface area contributed by atoms with Crippen LogP contribution in [0.1, 0.15) is 80.4 Å². The molecule has 8 aromatic rings. The summed E-state index contributed by atoms with van der Waals surface area (Å²) >= 11 is 5.48. The number of H-pyrrole nitrogens is 2.